The van der Waals surface area contributed by atoms with Gasteiger partial charge in [-0.3, -0.25) is 0 Å². The molecule has 0 saturated carbocycles. The summed E-state index contributed by atoms with van der Waals surface area (Å²) in [7, 11) is -3.59. The molecule has 0 aliphatic carbocycles. The van der Waals surface area contributed by atoms with Crippen LogP contribution in [0.2, 0.25) is 10.0 Å². The molecule has 0 fully saturated rings. The molecule has 7 heteroatoms. The fraction of sp³-hybridized carbons (Fsp3) is 0.111. The molecular weight excluding hydrogens is 397 g/mol. The third-order valence-electron chi connectivity index (χ3n) is 3.63. The van der Waals surface area contributed by atoms with Crippen molar-refractivity contribution < 1.29 is 8.42 Å². The SMILES string of the molecule is O=S(=O)(c1cccs1)N(Cc1ccc(Cl)cc1)Cc1ccc(Cl)cc1. The lowest BCUT2D eigenvalue weighted by molar-refractivity contribution is 0.402. The summed E-state index contributed by atoms with van der Waals surface area (Å²) < 4.78 is 27.8. The van der Waals surface area contributed by atoms with Crippen molar-refractivity contribution >= 4 is 44.6 Å². The maximum atomic E-state index is 13.0. The number of sulfonamides is 1. The molecule has 0 unspecified atom stereocenters. The molecule has 0 spiro atoms. The molecule has 1 heterocycles. The van der Waals surface area contributed by atoms with Gasteiger partial charge >= 0.3 is 0 Å². The van der Waals surface area contributed by atoms with Crippen molar-refractivity contribution in [3.8, 4) is 0 Å². The molecule has 0 radical (unpaired) electrons. The Morgan fingerprint density at radius 1 is 0.800 bits per heavy atom. The molecule has 3 rings (SSSR count). The lowest BCUT2D eigenvalue weighted by Gasteiger charge is -2.22. The van der Waals surface area contributed by atoms with E-state index in [0.29, 0.717) is 14.3 Å². The second-order valence-corrected chi connectivity index (χ2v) is 9.44. The number of rotatable bonds is 6. The second kappa shape index (κ2) is 7.89. The number of nitrogens with zero attached hydrogens (tertiary/aromatic N) is 1. The van der Waals surface area contributed by atoms with Crippen molar-refractivity contribution in [3.05, 3.63) is 87.2 Å². The first-order valence-corrected chi connectivity index (χ1v) is 10.6. The molecule has 130 valence electrons. The van der Waals surface area contributed by atoms with Crippen LogP contribution in [0.1, 0.15) is 11.1 Å². The van der Waals surface area contributed by atoms with Gasteiger partial charge in [0.2, 0.25) is 0 Å². The first-order chi connectivity index (χ1) is 11.9. The van der Waals surface area contributed by atoms with Gasteiger partial charge in [0.1, 0.15) is 4.21 Å². The van der Waals surface area contributed by atoms with Crippen LogP contribution in [0.25, 0.3) is 0 Å². The van der Waals surface area contributed by atoms with Crippen molar-refractivity contribution in [2.45, 2.75) is 17.3 Å². The van der Waals surface area contributed by atoms with E-state index >= 15 is 0 Å². The van der Waals surface area contributed by atoms with Crippen LogP contribution in [0, 0.1) is 0 Å². The maximum Gasteiger partial charge on any atom is 0.253 e. The molecule has 0 atom stereocenters. The van der Waals surface area contributed by atoms with Gasteiger partial charge in [0.15, 0.2) is 0 Å². The molecule has 0 saturated heterocycles. The molecule has 0 aliphatic heterocycles. The lowest BCUT2D eigenvalue weighted by atomic mass is 10.2. The summed E-state index contributed by atoms with van der Waals surface area (Å²) in [6.45, 7) is 0.528. The topological polar surface area (TPSA) is 37.4 Å². The van der Waals surface area contributed by atoms with Crippen molar-refractivity contribution in [3.63, 3.8) is 0 Å². The molecular formula is C18H15Cl2NO2S2. The zero-order chi connectivity index (χ0) is 17.9. The van der Waals surface area contributed by atoms with E-state index in [1.165, 1.54) is 15.6 Å². The summed E-state index contributed by atoms with van der Waals surface area (Å²) in [4.78, 5) is 0. The Kier molecular flexibility index (Phi) is 5.81. The van der Waals surface area contributed by atoms with Crippen LogP contribution in [0.3, 0.4) is 0 Å². The van der Waals surface area contributed by atoms with Gasteiger partial charge in [-0.2, -0.15) is 4.31 Å². The summed E-state index contributed by atoms with van der Waals surface area (Å²) in [5.74, 6) is 0. The highest BCUT2D eigenvalue weighted by atomic mass is 35.5. The van der Waals surface area contributed by atoms with Gasteiger partial charge < -0.3 is 0 Å². The van der Waals surface area contributed by atoms with E-state index in [0.717, 1.165) is 11.1 Å². The van der Waals surface area contributed by atoms with Crippen LogP contribution in [-0.2, 0) is 23.1 Å². The quantitative estimate of drug-likeness (QED) is 0.540. The van der Waals surface area contributed by atoms with Gasteiger partial charge in [-0.25, -0.2) is 8.42 Å². The van der Waals surface area contributed by atoms with E-state index in [4.69, 9.17) is 23.2 Å². The van der Waals surface area contributed by atoms with Crippen LogP contribution in [0.4, 0.5) is 0 Å². The summed E-state index contributed by atoms with van der Waals surface area (Å²) in [5, 5.41) is 3.00. The molecule has 0 aliphatic rings. The average molecular weight is 412 g/mol. The summed E-state index contributed by atoms with van der Waals surface area (Å²) in [5.41, 5.74) is 1.75. The van der Waals surface area contributed by atoms with Crippen molar-refractivity contribution in [2.75, 3.05) is 0 Å². The van der Waals surface area contributed by atoms with Crippen LogP contribution >= 0.6 is 34.5 Å². The van der Waals surface area contributed by atoms with Crippen molar-refractivity contribution in [1.29, 1.82) is 0 Å². The Morgan fingerprint density at radius 3 is 1.68 bits per heavy atom. The Labute approximate surface area is 161 Å². The van der Waals surface area contributed by atoms with E-state index in [9.17, 15) is 8.42 Å². The summed E-state index contributed by atoms with van der Waals surface area (Å²) in [6, 6.07) is 17.7. The Bertz CT molecular complexity index is 875. The van der Waals surface area contributed by atoms with Crippen molar-refractivity contribution in [1.82, 2.24) is 4.31 Å². The highest BCUT2D eigenvalue weighted by Crippen LogP contribution is 2.25. The zero-order valence-corrected chi connectivity index (χ0v) is 16.2. The van der Waals surface area contributed by atoms with E-state index in [1.807, 2.05) is 24.3 Å². The normalized spacial score (nSPS) is 11.8. The summed E-state index contributed by atoms with van der Waals surface area (Å²) in [6.07, 6.45) is 0. The summed E-state index contributed by atoms with van der Waals surface area (Å²) >= 11 is 13.1. The third-order valence-corrected chi connectivity index (χ3v) is 7.30. The minimum Gasteiger partial charge on any atom is -0.206 e. The molecule has 2 aromatic carbocycles. The molecule has 25 heavy (non-hydrogen) atoms. The van der Waals surface area contributed by atoms with E-state index in [2.05, 4.69) is 0 Å². The van der Waals surface area contributed by atoms with Crippen LogP contribution in [0.5, 0.6) is 0 Å². The molecule has 0 bridgehead atoms. The van der Waals surface area contributed by atoms with Gasteiger partial charge in [0.05, 0.1) is 0 Å². The molecule has 3 aromatic rings. The van der Waals surface area contributed by atoms with Gasteiger partial charge in [0, 0.05) is 23.1 Å². The molecule has 3 nitrogen and oxygen atoms in total. The monoisotopic (exact) mass is 411 g/mol. The van der Waals surface area contributed by atoms with Crippen LogP contribution in [0.15, 0.2) is 70.3 Å². The highest BCUT2D eigenvalue weighted by Gasteiger charge is 2.25. The molecule has 0 N–H and O–H groups in total. The fourth-order valence-corrected chi connectivity index (χ4v) is 5.16. The Hall–Kier alpha value is -1.37. The third kappa shape index (κ3) is 4.63. The number of halogens is 2. The molecule has 1 aromatic heterocycles. The first-order valence-electron chi connectivity index (χ1n) is 7.48. The predicted octanol–water partition coefficient (Wildman–Crippen LogP) is 5.45. The molecule has 0 amide bonds. The van der Waals surface area contributed by atoms with Gasteiger partial charge in [-0.15, -0.1) is 11.3 Å². The van der Waals surface area contributed by atoms with E-state index < -0.39 is 10.0 Å². The van der Waals surface area contributed by atoms with E-state index in [1.54, 1.807) is 41.8 Å². The largest absolute Gasteiger partial charge is 0.253 e. The standard InChI is InChI=1S/C18H15Cl2NO2S2/c19-16-7-3-14(4-8-16)12-21(13-15-5-9-17(20)10-6-15)25(22,23)18-2-1-11-24-18/h1-11H,12-13H2. The highest BCUT2D eigenvalue weighted by molar-refractivity contribution is 7.91. The van der Waals surface area contributed by atoms with Gasteiger partial charge in [-0.1, -0.05) is 53.5 Å². The second-order valence-electron chi connectivity index (χ2n) is 5.46. The zero-order valence-electron chi connectivity index (χ0n) is 13.1. The first kappa shape index (κ1) is 18.4. The Morgan fingerprint density at radius 2 is 1.28 bits per heavy atom. The van der Waals surface area contributed by atoms with Crippen LogP contribution in [-0.4, -0.2) is 12.7 Å². The number of hydrogen-bond donors (Lipinski definition) is 0. The lowest BCUT2D eigenvalue weighted by Crippen LogP contribution is -2.29. The number of thiophene rings is 1. The predicted molar refractivity (Wildman–Crippen MR) is 104 cm³/mol. The Balaban J connectivity index is 1.92. The number of benzene rings is 2. The van der Waals surface area contributed by atoms with Gasteiger partial charge in [0.25, 0.3) is 10.0 Å². The van der Waals surface area contributed by atoms with Gasteiger partial charge in [-0.05, 0) is 46.8 Å². The smallest absolute Gasteiger partial charge is 0.206 e. The average Bonchev–Trinajstić information content (AvgIpc) is 3.13. The minimum absolute atomic E-state index is 0.264. The fourth-order valence-electron chi connectivity index (χ4n) is 2.35. The van der Waals surface area contributed by atoms with E-state index in [-0.39, 0.29) is 13.1 Å². The minimum atomic E-state index is -3.59. The van der Waals surface area contributed by atoms with Crippen molar-refractivity contribution in [2.24, 2.45) is 0 Å². The van der Waals surface area contributed by atoms with Crippen LogP contribution < -0.4 is 0 Å². The maximum absolute atomic E-state index is 13.0. The number of hydrogen-bond acceptors (Lipinski definition) is 3.